The Bertz CT molecular complexity index is 746. The van der Waals surface area contributed by atoms with Gasteiger partial charge in [0.05, 0.1) is 17.9 Å². The van der Waals surface area contributed by atoms with Crippen molar-refractivity contribution in [2.45, 2.75) is 19.4 Å². The van der Waals surface area contributed by atoms with Crippen LogP contribution in [-0.4, -0.2) is 24.3 Å². The molecule has 1 aliphatic rings. The van der Waals surface area contributed by atoms with Gasteiger partial charge in [-0.25, -0.2) is 4.39 Å². The van der Waals surface area contributed by atoms with Gasteiger partial charge < -0.3 is 10.2 Å². The molecule has 1 aliphatic heterocycles. The molecular formula is C18H17FN2O2. The van der Waals surface area contributed by atoms with Gasteiger partial charge >= 0.3 is 0 Å². The van der Waals surface area contributed by atoms with E-state index in [1.165, 1.54) is 23.1 Å². The van der Waals surface area contributed by atoms with Gasteiger partial charge in [0.15, 0.2) is 5.78 Å². The highest BCUT2D eigenvalue weighted by molar-refractivity contribution is 6.10. The van der Waals surface area contributed by atoms with E-state index in [1.807, 2.05) is 13.0 Å². The standard InChI is InChI=1S/C18H17FN2O2/c1-2-14-18(23)21(11-17(22)12-6-4-3-5-7-12)16-9-8-13(19)10-15(16)20-14/h3-10,14,20H,2,11H2,1H3. The van der Waals surface area contributed by atoms with E-state index in [0.717, 1.165) is 0 Å². The second kappa shape index (κ2) is 6.20. The number of nitrogens with one attached hydrogen (secondary N) is 1. The van der Waals surface area contributed by atoms with E-state index in [9.17, 15) is 14.0 Å². The lowest BCUT2D eigenvalue weighted by atomic mass is 10.0. The maximum Gasteiger partial charge on any atom is 0.249 e. The fourth-order valence-corrected chi connectivity index (χ4v) is 2.71. The highest BCUT2D eigenvalue weighted by Gasteiger charge is 2.32. The summed E-state index contributed by atoms with van der Waals surface area (Å²) in [5.74, 6) is -0.698. The van der Waals surface area contributed by atoms with Crippen LogP contribution in [0.2, 0.25) is 0 Å². The molecule has 0 fully saturated rings. The number of benzene rings is 2. The molecule has 0 radical (unpaired) electrons. The molecule has 23 heavy (non-hydrogen) atoms. The van der Waals surface area contributed by atoms with Crippen molar-refractivity contribution >= 4 is 23.1 Å². The zero-order valence-corrected chi connectivity index (χ0v) is 12.8. The molecule has 5 heteroatoms. The summed E-state index contributed by atoms with van der Waals surface area (Å²) in [6, 6.07) is 12.6. The maximum absolute atomic E-state index is 13.5. The molecule has 0 saturated heterocycles. The monoisotopic (exact) mass is 312 g/mol. The van der Waals surface area contributed by atoms with Crippen LogP contribution >= 0.6 is 0 Å². The van der Waals surface area contributed by atoms with Crippen LogP contribution in [0.25, 0.3) is 0 Å². The predicted octanol–water partition coefficient (Wildman–Crippen LogP) is 3.25. The minimum absolute atomic E-state index is 0.0559. The molecule has 1 N–H and O–H groups in total. The summed E-state index contributed by atoms with van der Waals surface area (Å²) >= 11 is 0. The third-order valence-electron chi connectivity index (χ3n) is 3.95. The molecule has 1 unspecified atom stereocenters. The number of ketones is 1. The van der Waals surface area contributed by atoms with Gasteiger partial charge in [0.1, 0.15) is 11.9 Å². The number of rotatable bonds is 4. The van der Waals surface area contributed by atoms with Crippen LogP contribution < -0.4 is 10.2 Å². The van der Waals surface area contributed by atoms with E-state index in [1.54, 1.807) is 24.3 Å². The summed E-state index contributed by atoms with van der Waals surface area (Å²) in [5, 5.41) is 3.04. The Labute approximate surface area is 133 Å². The van der Waals surface area contributed by atoms with Crippen LogP contribution in [0.4, 0.5) is 15.8 Å². The third kappa shape index (κ3) is 2.95. The zero-order valence-electron chi connectivity index (χ0n) is 12.8. The van der Waals surface area contributed by atoms with Crippen molar-refractivity contribution in [3.63, 3.8) is 0 Å². The Kier molecular flexibility index (Phi) is 4.10. The average Bonchev–Trinajstić information content (AvgIpc) is 2.57. The van der Waals surface area contributed by atoms with Gasteiger partial charge in [-0.15, -0.1) is 0 Å². The van der Waals surface area contributed by atoms with Crippen LogP contribution in [0.3, 0.4) is 0 Å². The topological polar surface area (TPSA) is 49.4 Å². The molecule has 0 spiro atoms. The number of hydrogen-bond acceptors (Lipinski definition) is 3. The second-order valence-corrected chi connectivity index (χ2v) is 5.48. The van der Waals surface area contributed by atoms with Crippen LogP contribution in [0, 0.1) is 5.82 Å². The van der Waals surface area contributed by atoms with E-state index in [4.69, 9.17) is 0 Å². The van der Waals surface area contributed by atoms with E-state index in [0.29, 0.717) is 23.4 Å². The zero-order chi connectivity index (χ0) is 16.4. The maximum atomic E-state index is 13.5. The molecule has 4 nitrogen and oxygen atoms in total. The van der Waals surface area contributed by atoms with Crippen LogP contribution in [0.5, 0.6) is 0 Å². The number of amides is 1. The summed E-state index contributed by atoms with van der Waals surface area (Å²) in [4.78, 5) is 26.5. The van der Waals surface area contributed by atoms with Crippen molar-refractivity contribution in [2.24, 2.45) is 0 Å². The Morgan fingerprint density at radius 2 is 1.96 bits per heavy atom. The van der Waals surface area contributed by atoms with Gasteiger partial charge in [-0.1, -0.05) is 37.3 Å². The van der Waals surface area contributed by atoms with Crippen molar-refractivity contribution < 1.29 is 14.0 Å². The first-order valence-corrected chi connectivity index (χ1v) is 7.56. The number of nitrogens with zero attached hydrogens (tertiary/aromatic N) is 1. The van der Waals surface area contributed by atoms with Gasteiger partial charge in [0, 0.05) is 5.56 Å². The van der Waals surface area contributed by atoms with Crippen molar-refractivity contribution in [1.29, 1.82) is 0 Å². The fourth-order valence-electron chi connectivity index (χ4n) is 2.71. The summed E-state index contributed by atoms with van der Waals surface area (Å²) in [6.07, 6.45) is 0.560. The number of anilines is 2. The number of hydrogen-bond donors (Lipinski definition) is 1. The average molecular weight is 312 g/mol. The van der Waals surface area contributed by atoms with Crippen LogP contribution in [-0.2, 0) is 4.79 Å². The molecule has 2 aromatic carbocycles. The summed E-state index contributed by atoms with van der Waals surface area (Å²) in [5.41, 5.74) is 1.62. The molecule has 1 atom stereocenters. The Morgan fingerprint density at radius 1 is 1.22 bits per heavy atom. The fraction of sp³-hybridized carbons (Fsp3) is 0.222. The van der Waals surface area contributed by atoms with Crippen molar-refractivity contribution in [3.05, 3.63) is 59.9 Å². The SMILES string of the molecule is CCC1Nc2cc(F)ccc2N(CC(=O)c2ccccc2)C1=O. The predicted molar refractivity (Wildman–Crippen MR) is 87.2 cm³/mol. The minimum Gasteiger partial charge on any atom is -0.372 e. The molecule has 0 aromatic heterocycles. The molecule has 1 amide bonds. The van der Waals surface area contributed by atoms with Gasteiger partial charge in [-0.2, -0.15) is 0 Å². The van der Waals surface area contributed by atoms with E-state index >= 15 is 0 Å². The number of fused-ring (bicyclic) bond motifs is 1. The summed E-state index contributed by atoms with van der Waals surface area (Å²) in [6.45, 7) is 1.82. The van der Waals surface area contributed by atoms with Crippen molar-refractivity contribution in [2.75, 3.05) is 16.8 Å². The van der Waals surface area contributed by atoms with E-state index < -0.39 is 6.04 Å². The quantitative estimate of drug-likeness (QED) is 0.882. The first kappa shape index (κ1) is 15.2. The molecule has 118 valence electrons. The van der Waals surface area contributed by atoms with Gasteiger partial charge in [0.2, 0.25) is 5.91 Å². The highest BCUT2D eigenvalue weighted by Crippen LogP contribution is 2.33. The molecule has 3 rings (SSSR count). The van der Waals surface area contributed by atoms with Crippen molar-refractivity contribution in [1.82, 2.24) is 0 Å². The smallest absolute Gasteiger partial charge is 0.249 e. The first-order chi connectivity index (χ1) is 11.1. The molecule has 2 aromatic rings. The molecule has 0 bridgehead atoms. The Morgan fingerprint density at radius 3 is 2.65 bits per heavy atom. The van der Waals surface area contributed by atoms with E-state index in [-0.39, 0.29) is 24.1 Å². The number of Topliss-reactive ketones (excluding diaryl/α,β-unsaturated/α-hetero) is 1. The summed E-state index contributed by atoms with van der Waals surface area (Å²) in [7, 11) is 0. The number of carbonyl (C=O) groups is 2. The summed E-state index contributed by atoms with van der Waals surface area (Å²) < 4.78 is 13.5. The highest BCUT2D eigenvalue weighted by atomic mass is 19.1. The third-order valence-corrected chi connectivity index (χ3v) is 3.95. The van der Waals surface area contributed by atoms with Crippen molar-refractivity contribution in [3.8, 4) is 0 Å². The molecule has 1 heterocycles. The van der Waals surface area contributed by atoms with Crippen LogP contribution in [0.1, 0.15) is 23.7 Å². The largest absolute Gasteiger partial charge is 0.372 e. The Balaban J connectivity index is 1.94. The lowest BCUT2D eigenvalue weighted by Crippen LogP contribution is -2.48. The first-order valence-electron chi connectivity index (χ1n) is 7.56. The lowest BCUT2D eigenvalue weighted by Gasteiger charge is -2.34. The molecule has 0 saturated carbocycles. The molecular weight excluding hydrogens is 295 g/mol. The molecule has 0 aliphatic carbocycles. The van der Waals surface area contributed by atoms with E-state index in [2.05, 4.69) is 5.32 Å². The van der Waals surface area contributed by atoms with Crippen LogP contribution in [0.15, 0.2) is 48.5 Å². The number of halogens is 1. The Hall–Kier alpha value is -2.69. The van der Waals surface area contributed by atoms with Gasteiger partial charge in [0.25, 0.3) is 0 Å². The number of carbonyl (C=O) groups excluding carboxylic acids is 2. The second-order valence-electron chi connectivity index (χ2n) is 5.48. The normalized spacial score (nSPS) is 16.7. The minimum atomic E-state index is -0.451. The lowest BCUT2D eigenvalue weighted by molar-refractivity contribution is -0.119. The van der Waals surface area contributed by atoms with Gasteiger partial charge in [-0.05, 0) is 24.6 Å². The van der Waals surface area contributed by atoms with Gasteiger partial charge in [-0.3, -0.25) is 9.59 Å².